The number of para-hydroxylation sites is 1. The van der Waals surface area contributed by atoms with Gasteiger partial charge in [-0.2, -0.15) is 0 Å². The van der Waals surface area contributed by atoms with E-state index in [4.69, 9.17) is 0 Å². The standard InChI is InChI=1S/C15H12N2O3/c18-10-12-9-13(17(19)20)5-6-15(12)16-8-7-11-3-1-2-4-14(11)16/h1-6,9-10H,7-8H2. The number of carbonyl (C=O) groups excluding carboxylic acids is 1. The van der Waals surface area contributed by atoms with Crippen molar-refractivity contribution in [2.24, 2.45) is 0 Å². The summed E-state index contributed by atoms with van der Waals surface area (Å²) in [5.41, 5.74) is 3.28. The number of hydrogen-bond donors (Lipinski definition) is 0. The van der Waals surface area contributed by atoms with Gasteiger partial charge in [0.2, 0.25) is 0 Å². The molecule has 0 bridgehead atoms. The Bertz CT molecular complexity index is 697. The van der Waals surface area contributed by atoms with E-state index in [1.165, 1.54) is 17.7 Å². The third-order valence-corrected chi connectivity index (χ3v) is 3.53. The number of fused-ring (bicyclic) bond motifs is 1. The molecule has 100 valence electrons. The lowest BCUT2D eigenvalue weighted by Gasteiger charge is -2.21. The van der Waals surface area contributed by atoms with Crippen LogP contribution in [0, 0.1) is 10.1 Å². The molecule has 0 saturated carbocycles. The molecule has 0 saturated heterocycles. The van der Waals surface area contributed by atoms with Crippen molar-refractivity contribution in [2.75, 3.05) is 11.4 Å². The minimum absolute atomic E-state index is 0.0664. The van der Waals surface area contributed by atoms with Gasteiger partial charge in [-0.25, -0.2) is 0 Å². The molecule has 0 N–H and O–H groups in total. The Balaban J connectivity index is 2.08. The van der Waals surface area contributed by atoms with E-state index in [2.05, 4.69) is 6.07 Å². The molecule has 0 radical (unpaired) electrons. The molecule has 0 aromatic heterocycles. The molecule has 0 aliphatic carbocycles. The average molecular weight is 268 g/mol. The summed E-state index contributed by atoms with van der Waals surface area (Å²) in [6.07, 6.45) is 1.58. The predicted molar refractivity (Wildman–Crippen MR) is 75.6 cm³/mol. The van der Waals surface area contributed by atoms with E-state index in [9.17, 15) is 14.9 Å². The predicted octanol–water partition coefficient (Wildman–Crippen LogP) is 3.10. The molecule has 0 fully saturated rings. The number of rotatable bonds is 3. The normalized spacial score (nSPS) is 13.1. The molecule has 0 spiro atoms. The molecule has 5 heteroatoms. The third-order valence-electron chi connectivity index (χ3n) is 3.53. The van der Waals surface area contributed by atoms with Gasteiger partial charge >= 0.3 is 0 Å². The number of nitro groups is 1. The van der Waals surface area contributed by atoms with E-state index in [0.29, 0.717) is 11.8 Å². The maximum atomic E-state index is 11.2. The topological polar surface area (TPSA) is 63.4 Å². The Hall–Kier alpha value is -2.69. The molecule has 20 heavy (non-hydrogen) atoms. The van der Waals surface area contributed by atoms with Gasteiger partial charge in [0.1, 0.15) is 0 Å². The van der Waals surface area contributed by atoms with Crippen LogP contribution in [0.3, 0.4) is 0 Å². The van der Waals surface area contributed by atoms with Crippen LogP contribution >= 0.6 is 0 Å². The SMILES string of the molecule is O=Cc1cc([N+](=O)[O-])ccc1N1CCc2ccccc21. The Labute approximate surface area is 115 Å². The fraction of sp³-hybridized carbons (Fsp3) is 0.133. The second kappa shape index (κ2) is 4.77. The lowest BCUT2D eigenvalue weighted by Crippen LogP contribution is -2.15. The summed E-state index contributed by atoms with van der Waals surface area (Å²) in [4.78, 5) is 23.5. The molecule has 1 aliphatic rings. The van der Waals surface area contributed by atoms with Crippen LogP contribution in [-0.4, -0.2) is 17.8 Å². The Morgan fingerprint density at radius 3 is 2.70 bits per heavy atom. The molecule has 3 rings (SSSR count). The van der Waals surface area contributed by atoms with Gasteiger partial charge in [-0.05, 0) is 24.1 Å². The van der Waals surface area contributed by atoms with Gasteiger partial charge in [-0.1, -0.05) is 18.2 Å². The summed E-state index contributed by atoms with van der Waals surface area (Å²) >= 11 is 0. The molecule has 0 unspecified atom stereocenters. The van der Waals surface area contributed by atoms with Crippen LogP contribution in [0.2, 0.25) is 0 Å². The number of nitrogens with zero attached hydrogens (tertiary/aromatic N) is 2. The van der Waals surface area contributed by atoms with E-state index >= 15 is 0 Å². The summed E-state index contributed by atoms with van der Waals surface area (Å²) in [7, 11) is 0. The molecule has 2 aromatic carbocycles. The van der Waals surface area contributed by atoms with Crippen LogP contribution in [-0.2, 0) is 6.42 Å². The summed E-state index contributed by atoms with van der Waals surface area (Å²) < 4.78 is 0. The fourth-order valence-corrected chi connectivity index (χ4v) is 2.58. The summed E-state index contributed by atoms with van der Waals surface area (Å²) in [5, 5.41) is 10.8. The molecule has 2 aromatic rings. The maximum absolute atomic E-state index is 11.2. The largest absolute Gasteiger partial charge is 0.340 e. The number of aldehydes is 1. The number of non-ortho nitro benzene ring substituents is 1. The molecule has 1 heterocycles. The zero-order chi connectivity index (χ0) is 14.1. The summed E-state index contributed by atoms with van der Waals surface area (Å²) in [6.45, 7) is 0.776. The zero-order valence-electron chi connectivity index (χ0n) is 10.7. The van der Waals surface area contributed by atoms with Crippen molar-refractivity contribution < 1.29 is 9.72 Å². The van der Waals surface area contributed by atoms with Crippen LogP contribution in [0.25, 0.3) is 0 Å². The molecule has 0 amide bonds. The second-order valence-electron chi connectivity index (χ2n) is 4.65. The first kappa shape index (κ1) is 12.3. The second-order valence-corrected chi connectivity index (χ2v) is 4.65. The van der Waals surface area contributed by atoms with Crippen molar-refractivity contribution in [1.29, 1.82) is 0 Å². The lowest BCUT2D eigenvalue weighted by molar-refractivity contribution is -0.384. The van der Waals surface area contributed by atoms with Crippen LogP contribution < -0.4 is 4.90 Å². The first-order valence-corrected chi connectivity index (χ1v) is 6.30. The first-order valence-electron chi connectivity index (χ1n) is 6.30. The van der Waals surface area contributed by atoms with Crippen molar-refractivity contribution in [2.45, 2.75) is 6.42 Å². The van der Waals surface area contributed by atoms with E-state index < -0.39 is 4.92 Å². The summed E-state index contributed by atoms with van der Waals surface area (Å²) in [6, 6.07) is 12.4. The monoisotopic (exact) mass is 268 g/mol. The number of benzene rings is 2. The Kier molecular flexibility index (Phi) is 2.95. The highest BCUT2D eigenvalue weighted by atomic mass is 16.6. The maximum Gasteiger partial charge on any atom is 0.270 e. The van der Waals surface area contributed by atoms with Gasteiger partial charge in [-0.15, -0.1) is 0 Å². The first-order chi connectivity index (χ1) is 9.70. The molecule has 0 atom stereocenters. The van der Waals surface area contributed by atoms with Crippen molar-refractivity contribution >= 4 is 23.3 Å². The van der Waals surface area contributed by atoms with Crippen LogP contribution in [0.1, 0.15) is 15.9 Å². The van der Waals surface area contributed by atoms with Crippen molar-refractivity contribution in [3.63, 3.8) is 0 Å². The van der Waals surface area contributed by atoms with Gasteiger partial charge in [-0.3, -0.25) is 14.9 Å². The highest BCUT2D eigenvalue weighted by Gasteiger charge is 2.23. The quantitative estimate of drug-likeness (QED) is 0.487. The number of hydrogen-bond acceptors (Lipinski definition) is 4. The van der Waals surface area contributed by atoms with Gasteiger partial charge < -0.3 is 4.90 Å². The minimum Gasteiger partial charge on any atom is -0.340 e. The highest BCUT2D eigenvalue weighted by molar-refractivity contribution is 5.89. The minimum atomic E-state index is -0.491. The third kappa shape index (κ3) is 1.93. The van der Waals surface area contributed by atoms with Gasteiger partial charge in [0.15, 0.2) is 6.29 Å². The van der Waals surface area contributed by atoms with E-state index in [1.54, 1.807) is 6.07 Å². The van der Waals surface area contributed by atoms with Gasteiger partial charge in [0.25, 0.3) is 5.69 Å². The summed E-state index contributed by atoms with van der Waals surface area (Å²) in [5.74, 6) is 0. The smallest absolute Gasteiger partial charge is 0.270 e. The van der Waals surface area contributed by atoms with Gasteiger partial charge in [0, 0.05) is 29.9 Å². The molecule has 1 aliphatic heterocycles. The zero-order valence-corrected chi connectivity index (χ0v) is 10.7. The van der Waals surface area contributed by atoms with Crippen LogP contribution in [0.4, 0.5) is 17.1 Å². The molecular formula is C15H12N2O3. The fourth-order valence-electron chi connectivity index (χ4n) is 2.58. The van der Waals surface area contributed by atoms with Crippen LogP contribution in [0.5, 0.6) is 0 Å². The van der Waals surface area contributed by atoms with Crippen molar-refractivity contribution in [3.05, 3.63) is 63.7 Å². The Morgan fingerprint density at radius 1 is 1.15 bits per heavy atom. The average Bonchev–Trinajstić information content (AvgIpc) is 2.90. The van der Waals surface area contributed by atoms with Crippen molar-refractivity contribution in [1.82, 2.24) is 0 Å². The van der Waals surface area contributed by atoms with Gasteiger partial charge in [0.05, 0.1) is 10.6 Å². The van der Waals surface area contributed by atoms with E-state index in [1.807, 2.05) is 23.1 Å². The highest BCUT2D eigenvalue weighted by Crippen LogP contribution is 2.36. The van der Waals surface area contributed by atoms with Crippen molar-refractivity contribution in [3.8, 4) is 0 Å². The number of anilines is 2. The van der Waals surface area contributed by atoms with E-state index in [-0.39, 0.29) is 5.69 Å². The van der Waals surface area contributed by atoms with E-state index in [0.717, 1.165) is 24.3 Å². The van der Waals surface area contributed by atoms with Crippen LogP contribution in [0.15, 0.2) is 42.5 Å². The number of nitro benzene ring substituents is 1. The molecule has 5 nitrogen and oxygen atoms in total. The number of carbonyl (C=O) groups is 1. The lowest BCUT2D eigenvalue weighted by atomic mass is 10.1. The Morgan fingerprint density at radius 2 is 1.95 bits per heavy atom. The molecular weight excluding hydrogens is 256 g/mol.